The molecule has 7 nitrogen and oxygen atoms in total. The fourth-order valence-electron chi connectivity index (χ4n) is 2.98. The van der Waals surface area contributed by atoms with E-state index in [1.165, 1.54) is 9.47 Å². The van der Waals surface area contributed by atoms with Gasteiger partial charge in [0.25, 0.3) is 0 Å². The van der Waals surface area contributed by atoms with Crippen LogP contribution in [-0.4, -0.2) is 44.0 Å². The summed E-state index contributed by atoms with van der Waals surface area (Å²) < 4.78 is 1.35. The number of aromatic nitrogens is 2. The van der Waals surface area contributed by atoms with E-state index in [9.17, 15) is 19.5 Å². The minimum Gasteiger partial charge on any atom is -0.480 e. The number of para-hydroxylation sites is 2. The van der Waals surface area contributed by atoms with Crippen LogP contribution in [0.3, 0.4) is 0 Å². The SMILES string of the molecule is O=C(O)[C@H]1CCCCN1C(=O)Cn1c(=O)[nH]c2ccccc21. The molecule has 116 valence electrons. The molecule has 0 bridgehead atoms. The second-order valence-corrected chi connectivity index (χ2v) is 5.47. The van der Waals surface area contributed by atoms with Crippen molar-refractivity contribution in [1.29, 1.82) is 0 Å². The molecule has 1 aliphatic heterocycles. The molecule has 0 radical (unpaired) electrons. The number of H-pyrrole nitrogens is 1. The summed E-state index contributed by atoms with van der Waals surface area (Å²) in [5.41, 5.74) is 0.942. The van der Waals surface area contributed by atoms with Gasteiger partial charge in [0, 0.05) is 6.54 Å². The first-order valence-electron chi connectivity index (χ1n) is 7.28. The second kappa shape index (κ2) is 5.67. The third-order valence-electron chi connectivity index (χ3n) is 4.08. The van der Waals surface area contributed by atoms with Crippen LogP contribution in [0.5, 0.6) is 0 Å². The molecule has 0 unspecified atom stereocenters. The number of aliphatic carboxylic acids is 1. The third-order valence-corrected chi connectivity index (χ3v) is 4.08. The molecule has 1 aromatic heterocycles. The van der Waals surface area contributed by atoms with E-state index in [1.54, 1.807) is 24.3 Å². The van der Waals surface area contributed by atoms with Crippen LogP contribution in [0.15, 0.2) is 29.1 Å². The number of carboxylic acids is 1. The Morgan fingerprint density at radius 2 is 2.05 bits per heavy atom. The Morgan fingerprint density at radius 3 is 2.82 bits per heavy atom. The van der Waals surface area contributed by atoms with E-state index in [0.29, 0.717) is 24.0 Å². The number of carbonyl (C=O) groups excluding carboxylic acids is 1. The summed E-state index contributed by atoms with van der Waals surface area (Å²) >= 11 is 0. The van der Waals surface area contributed by atoms with E-state index >= 15 is 0 Å². The van der Waals surface area contributed by atoms with Crippen molar-refractivity contribution in [3.05, 3.63) is 34.7 Å². The van der Waals surface area contributed by atoms with Gasteiger partial charge in [0.1, 0.15) is 12.6 Å². The van der Waals surface area contributed by atoms with Crippen molar-refractivity contribution in [2.75, 3.05) is 6.54 Å². The fourth-order valence-corrected chi connectivity index (χ4v) is 2.98. The van der Waals surface area contributed by atoms with Gasteiger partial charge in [-0.25, -0.2) is 9.59 Å². The predicted molar refractivity (Wildman–Crippen MR) is 79.5 cm³/mol. The number of carboxylic acid groups (broad SMARTS) is 1. The Bertz CT molecular complexity index is 776. The van der Waals surface area contributed by atoms with Gasteiger partial charge in [-0.15, -0.1) is 0 Å². The van der Waals surface area contributed by atoms with Gasteiger partial charge >= 0.3 is 11.7 Å². The molecule has 1 fully saturated rings. The zero-order chi connectivity index (χ0) is 15.7. The quantitative estimate of drug-likeness (QED) is 0.876. The number of aromatic amines is 1. The van der Waals surface area contributed by atoms with E-state index < -0.39 is 12.0 Å². The van der Waals surface area contributed by atoms with Crippen LogP contribution in [0.1, 0.15) is 19.3 Å². The Kier molecular flexibility index (Phi) is 3.70. The smallest absolute Gasteiger partial charge is 0.326 e. The van der Waals surface area contributed by atoms with Crippen molar-refractivity contribution in [3.8, 4) is 0 Å². The largest absolute Gasteiger partial charge is 0.480 e. The summed E-state index contributed by atoms with van der Waals surface area (Å²) in [5.74, 6) is -1.32. The number of nitrogens with zero attached hydrogens (tertiary/aromatic N) is 2. The lowest BCUT2D eigenvalue weighted by Crippen LogP contribution is -2.49. The maximum atomic E-state index is 12.5. The number of amides is 1. The normalized spacial score (nSPS) is 18.5. The summed E-state index contributed by atoms with van der Waals surface area (Å²) in [6.07, 6.45) is 2.05. The highest BCUT2D eigenvalue weighted by molar-refractivity contribution is 5.85. The van der Waals surface area contributed by atoms with Gasteiger partial charge in [-0.1, -0.05) is 12.1 Å². The lowest BCUT2D eigenvalue weighted by molar-refractivity contribution is -0.152. The van der Waals surface area contributed by atoms with Crippen LogP contribution < -0.4 is 5.69 Å². The van der Waals surface area contributed by atoms with Crippen molar-refractivity contribution >= 4 is 22.9 Å². The summed E-state index contributed by atoms with van der Waals surface area (Å²) in [6, 6.07) is 6.32. The van der Waals surface area contributed by atoms with Gasteiger partial charge in [-0.05, 0) is 31.4 Å². The highest BCUT2D eigenvalue weighted by atomic mass is 16.4. The van der Waals surface area contributed by atoms with Crippen LogP contribution in [-0.2, 0) is 16.1 Å². The summed E-state index contributed by atoms with van der Waals surface area (Å²) in [7, 11) is 0. The molecular formula is C15H17N3O4. The zero-order valence-electron chi connectivity index (χ0n) is 12.0. The maximum absolute atomic E-state index is 12.5. The molecule has 1 saturated heterocycles. The van der Waals surface area contributed by atoms with E-state index in [2.05, 4.69) is 4.98 Å². The minimum absolute atomic E-state index is 0.146. The molecule has 1 amide bonds. The monoisotopic (exact) mass is 303 g/mol. The van der Waals surface area contributed by atoms with E-state index in [-0.39, 0.29) is 18.1 Å². The van der Waals surface area contributed by atoms with Crippen LogP contribution >= 0.6 is 0 Å². The lowest BCUT2D eigenvalue weighted by atomic mass is 10.0. The molecule has 3 rings (SSSR count). The van der Waals surface area contributed by atoms with Gasteiger partial charge in [0.05, 0.1) is 11.0 Å². The molecule has 7 heteroatoms. The van der Waals surface area contributed by atoms with Gasteiger partial charge in [-0.3, -0.25) is 9.36 Å². The molecule has 22 heavy (non-hydrogen) atoms. The fraction of sp³-hybridized carbons (Fsp3) is 0.400. The Labute approximate surface area is 126 Å². The van der Waals surface area contributed by atoms with E-state index in [4.69, 9.17) is 0 Å². The zero-order valence-corrected chi connectivity index (χ0v) is 12.0. The molecule has 1 atom stereocenters. The topological polar surface area (TPSA) is 95.4 Å². The number of likely N-dealkylation sites (tertiary alicyclic amines) is 1. The molecule has 2 N–H and O–H groups in total. The first kappa shape index (κ1) is 14.4. The van der Waals surface area contributed by atoms with Crippen LogP contribution in [0, 0.1) is 0 Å². The van der Waals surface area contributed by atoms with Crippen molar-refractivity contribution in [2.45, 2.75) is 31.8 Å². The highest BCUT2D eigenvalue weighted by Crippen LogP contribution is 2.18. The number of nitrogens with one attached hydrogen (secondary N) is 1. The van der Waals surface area contributed by atoms with Crippen molar-refractivity contribution in [2.24, 2.45) is 0 Å². The average molecular weight is 303 g/mol. The number of benzene rings is 1. The Balaban J connectivity index is 1.88. The van der Waals surface area contributed by atoms with E-state index in [0.717, 1.165) is 12.8 Å². The number of rotatable bonds is 3. The van der Waals surface area contributed by atoms with Gasteiger partial charge in [-0.2, -0.15) is 0 Å². The predicted octanol–water partition coefficient (Wildman–Crippen LogP) is 0.795. The van der Waals surface area contributed by atoms with Crippen LogP contribution in [0.25, 0.3) is 11.0 Å². The maximum Gasteiger partial charge on any atom is 0.326 e. The lowest BCUT2D eigenvalue weighted by Gasteiger charge is -2.33. The summed E-state index contributed by atoms with van der Waals surface area (Å²) in [5, 5.41) is 9.24. The van der Waals surface area contributed by atoms with Crippen molar-refractivity contribution < 1.29 is 14.7 Å². The molecule has 1 aliphatic rings. The molecule has 0 aliphatic carbocycles. The van der Waals surface area contributed by atoms with Crippen molar-refractivity contribution in [1.82, 2.24) is 14.5 Å². The molecule has 1 aromatic carbocycles. The Hall–Kier alpha value is -2.57. The number of piperidine rings is 1. The first-order chi connectivity index (χ1) is 10.6. The number of hydrogen-bond donors (Lipinski definition) is 2. The molecule has 2 heterocycles. The standard InChI is InChI=1S/C15H17N3O4/c19-13(17-8-4-3-7-12(17)14(20)21)9-18-11-6-2-1-5-10(11)16-15(18)22/h1-2,5-6,12H,3-4,7-9H2,(H,16,22)(H,20,21)/t12-/m1/s1. The van der Waals surface area contributed by atoms with E-state index in [1.807, 2.05) is 0 Å². The molecular weight excluding hydrogens is 286 g/mol. The highest BCUT2D eigenvalue weighted by Gasteiger charge is 2.32. The number of fused-ring (bicyclic) bond motifs is 1. The molecule has 0 spiro atoms. The van der Waals surface area contributed by atoms with Crippen molar-refractivity contribution in [3.63, 3.8) is 0 Å². The average Bonchev–Trinajstić information content (AvgIpc) is 2.83. The molecule has 2 aromatic rings. The van der Waals surface area contributed by atoms with Gasteiger partial charge in [0.15, 0.2) is 0 Å². The summed E-state index contributed by atoms with van der Waals surface area (Å²) in [4.78, 5) is 39.8. The van der Waals surface area contributed by atoms with Crippen LogP contribution in [0.4, 0.5) is 0 Å². The molecule has 0 saturated carbocycles. The first-order valence-corrected chi connectivity index (χ1v) is 7.28. The minimum atomic E-state index is -0.987. The summed E-state index contributed by atoms with van der Waals surface area (Å²) in [6.45, 7) is 0.277. The number of imidazole rings is 1. The number of carbonyl (C=O) groups is 2. The van der Waals surface area contributed by atoms with Crippen LogP contribution in [0.2, 0.25) is 0 Å². The number of hydrogen-bond acceptors (Lipinski definition) is 3. The second-order valence-electron chi connectivity index (χ2n) is 5.47. The van der Waals surface area contributed by atoms with Gasteiger partial charge < -0.3 is 15.0 Å². The third kappa shape index (κ3) is 2.49. The Morgan fingerprint density at radius 1 is 1.27 bits per heavy atom. The van der Waals surface area contributed by atoms with Gasteiger partial charge in [0.2, 0.25) is 5.91 Å².